The molecule has 0 heteroatoms. The van der Waals surface area contributed by atoms with Crippen molar-refractivity contribution < 1.29 is 0 Å². The van der Waals surface area contributed by atoms with E-state index in [2.05, 4.69) is 41.0 Å². The third-order valence-electron chi connectivity index (χ3n) is 2.66. The second-order valence-corrected chi connectivity index (χ2v) is 4.69. The molecule has 0 aliphatic rings. The number of hydrogen-bond acceptors (Lipinski definition) is 0. The molecule has 0 aromatic rings. The van der Waals surface area contributed by atoms with Gasteiger partial charge in [0, 0.05) is 0 Å². The molecule has 0 aliphatic carbocycles. The predicted molar refractivity (Wildman–Crippen MR) is 57.1 cm³/mol. The minimum absolute atomic E-state index is 0.457. The van der Waals surface area contributed by atoms with Crippen LogP contribution >= 0.6 is 0 Å². The van der Waals surface area contributed by atoms with Crippen molar-refractivity contribution in [2.24, 2.45) is 11.3 Å². The van der Waals surface area contributed by atoms with Crippen LogP contribution in [0, 0.1) is 17.8 Å². The van der Waals surface area contributed by atoms with Crippen LogP contribution in [0.4, 0.5) is 0 Å². The first-order valence-electron chi connectivity index (χ1n) is 5.36. The maximum absolute atomic E-state index is 2.50. The summed E-state index contributed by atoms with van der Waals surface area (Å²) in [5.74, 6) is 0.862. The van der Waals surface area contributed by atoms with E-state index >= 15 is 0 Å². The van der Waals surface area contributed by atoms with Crippen LogP contribution in [0.3, 0.4) is 0 Å². The molecular formula is C12H25. The lowest BCUT2D eigenvalue weighted by atomic mass is 9.81. The summed E-state index contributed by atoms with van der Waals surface area (Å²) in [6, 6.07) is 0. The van der Waals surface area contributed by atoms with Crippen molar-refractivity contribution in [1.82, 2.24) is 0 Å². The summed E-state index contributed by atoms with van der Waals surface area (Å²) in [6.45, 7) is 11.6. The topological polar surface area (TPSA) is 0 Å². The van der Waals surface area contributed by atoms with Crippen molar-refractivity contribution >= 4 is 0 Å². The smallest absolute Gasteiger partial charge is 0.0323 e. The molecule has 1 atom stereocenters. The normalized spacial score (nSPS) is 14.8. The first-order valence-corrected chi connectivity index (χ1v) is 5.36. The Morgan fingerprint density at radius 1 is 1.25 bits per heavy atom. The van der Waals surface area contributed by atoms with Crippen molar-refractivity contribution in [3.05, 3.63) is 6.42 Å². The van der Waals surface area contributed by atoms with Crippen LogP contribution in [-0.2, 0) is 0 Å². The van der Waals surface area contributed by atoms with Gasteiger partial charge >= 0.3 is 0 Å². The summed E-state index contributed by atoms with van der Waals surface area (Å²) in [4.78, 5) is 0. The Hall–Kier alpha value is 0. The zero-order chi connectivity index (χ0) is 9.61. The van der Waals surface area contributed by atoms with Crippen LogP contribution in [0.1, 0.15) is 60.3 Å². The molecule has 0 saturated heterocycles. The predicted octanol–water partition coefficient (Wildman–Crippen LogP) is 4.45. The number of hydrogen-bond donors (Lipinski definition) is 0. The minimum atomic E-state index is 0.457. The Morgan fingerprint density at radius 3 is 2.25 bits per heavy atom. The first kappa shape index (κ1) is 12.0. The Morgan fingerprint density at radius 2 is 1.83 bits per heavy atom. The molecule has 0 aromatic heterocycles. The van der Waals surface area contributed by atoms with Gasteiger partial charge in [0.05, 0.1) is 0 Å². The fraction of sp³-hybridized carbons (Fsp3) is 0.917. The quantitative estimate of drug-likeness (QED) is 0.551. The van der Waals surface area contributed by atoms with Gasteiger partial charge in [-0.1, -0.05) is 47.5 Å². The van der Waals surface area contributed by atoms with Gasteiger partial charge in [-0.2, -0.15) is 0 Å². The molecule has 0 aromatic carbocycles. The average Bonchev–Trinajstić information content (AvgIpc) is 2.00. The Bertz CT molecular complexity index is 103. The summed E-state index contributed by atoms with van der Waals surface area (Å²) < 4.78 is 0. The fourth-order valence-electron chi connectivity index (χ4n) is 1.43. The summed E-state index contributed by atoms with van der Waals surface area (Å²) in [5.41, 5.74) is 0.457. The van der Waals surface area contributed by atoms with E-state index in [-0.39, 0.29) is 0 Å². The SMILES string of the molecule is CCCC(C)(C)[CH]CC(C)CC. The highest BCUT2D eigenvalue weighted by Crippen LogP contribution is 2.29. The van der Waals surface area contributed by atoms with Crippen molar-refractivity contribution in [3.63, 3.8) is 0 Å². The molecule has 0 saturated carbocycles. The Balaban J connectivity index is 3.59. The lowest BCUT2D eigenvalue weighted by Gasteiger charge is -2.24. The lowest BCUT2D eigenvalue weighted by molar-refractivity contribution is 0.360. The van der Waals surface area contributed by atoms with Gasteiger partial charge in [0.2, 0.25) is 0 Å². The number of rotatable bonds is 6. The molecule has 73 valence electrons. The van der Waals surface area contributed by atoms with Crippen LogP contribution in [-0.4, -0.2) is 0 Å². The molecule has 0 heterocycles. The fourth-order valence-corrected chi connectivity index (χ4v) is 1.43. The van der Waals surface area contributed by atoms with Crippen molar-refractivity contribution in [1.29, 1.82) is 0 Å². The highest BCUT2D eigenvalue weighted by molar-refractivity contribution is 4.85. The van der Waals surface area contributed by atoms with Crippen LogP contribution in [0.25, 0.3) is 0 Å². The van der Waals surface area contributed by atoms with Crippen molar-refractivity contribution in [2.45, 2.75) is 60.3 Å². The zero-order valence-electron chi connectivity index (χ0n) is 9.48. The highest BCUT2D eigenvalue weighted by atomic mass is 14.2. The molecule has 0 fully saturated rings. The molecule has 1 radical (unpaired) electrons. The van der Waals surface area contributed by atoms with E-state index in [4.69, 9.17) is 0 Å². The van der Waals surface area contributed by atoms with Gasteiger partial charge in [-0.15, -0.1) is 0 Å². The summed E-state index contributed by atoms with van der Waals surface area (Å²) in [5, 5.41) is 0. The monoisotopic (exact) mass is 169 g/mol. The van der Waals surface area contributed by atoms with Crippen molar-refractivity contribution in [3.8, 4) is 0 Å². The molecule has 0 nitrogen and oxygen atoms in total. The molecule has 0 N–H and O–H groups in total. The summed E-state index contributed by atoms with van der Waals surface area (Å²) in [6.07, 6.45) is 7.71. The lowest BCUT2D eigenvalue weighted by Crippen LogP contribution is -2.13. The van der Waals surface area contributed by atoms with Gasteiger partial charge in [0.1, 0.15) is 0 Å². The molecule has 0 aliphatic heterocycles. The van der Waals surface area contributed by atoms with E-state index in [1.807, 2.05) is 0 Å². The standard InChI is InChI=1S/C12H25/c1-6-9-12(4,5)10-8-11(3)7-2/h10-11H,6-9H2,1-5H3. The Labute approximate surface area is 78.8 Å². The molecule has 0 rings (SSSR count). The Kier molecular flexibility index (Phi) is 5.61. The van der Waals surface area contributed by atoms with Crippen LogP contribution in [0.15, 0.2) is 0 Å². The van der Waals surface area contributed by atoms with Crippen molar-refractivity contribution in [2.75, 3.05) is 0 Å². The van der Waals surface area contributed by atoms with Crippen LogP contribution in [0.5, 0.6) is 0 Å². The summed E-state index contributed by atoms with van der Waals surface area (Å²) in [7, 11) is 0. The molecule has 1 unspecified atom stereocenters. The molecule has 12 heavy (non-hydrogen) atoms. The van der Waals surface area contributed by atoms with Gasteiger partial charge in [-0.3, -0.25) is 0 Å². The third kappa shape index (κ3) is 5.62. The average molecular weight is 169 g/mol. The van der Waals surface area contributed by atoms with Gasteiger partial charge in [-0.05, 0) is 30.6 Å². The third-order valence-corrected chi connectivity index (χ3v) is 2.66. The second-order valence-electron chi connectivity index (χ2n) is 4.69. The second kappa shape index (κ2) is 5.61. The molecular weight excluding hydrogens is 144 g/mol. The maximum Gasteiger partial charge on any atom is -0.0323 e. The van der Waals surface area contributed by atoms with Crippen LogP contribution in [0.2, 0.25) is 0 Å². The highest BCUT2D eigenvalue weighted by Gasteiger charge is 2.17. The van der Waals surface area contributed by atoms with Gasteiger partial charge in [0.15, 0.2) is 0 Å². The van der Waals surface area contributed by atoms with Gasteiger partial charge in [-0.25, -0.2) is 0 Å². The molecule has 0 bridgehead atoms. The maximum atomic E-state index is 2.50. The largest absolute Gasteiger partial charge is 0.0654 e. The molecule has 0 spiro atoms. The summed E-state index contributed by atoms with van der Waals surface area (Å²) >= 11 is 0. The van der Waals surface area contributed by atoms with E-state index in [0.29, 0.717) is 5.41 Å². The van der Waals surface area contributed by atoms with E-state index in [1.54, 1.807) is 0 Å². The first-order chi connectivity index (χ1) is 5.52. The van der Waals surface area contributed by atoms with E-state index < -0.39 is 0 Å². The zero-order valence-corrected chi connectivity index (χ0v) is 9.48. The van der Waals surface area contributed by atoms with E-state index in [0.717, 1.165) is 5.92 Å². The van der Waals surface area contributed by atoms with Gasteiger partial charge in [0.25, 0.3) is 0 Å². The molecule has 0 amide bonds. The minimum Gasteiger partial charge on any atom is -0.0654 e. The van der Waals surface area contributed by atoms with E-state index in [9.17, 15) is 0 Å². The van der Waals surface area contributed by atoms with Gasteiger partial charge < -0.3 is 0 Å². The van der Waals surface area contributed by atoms with Crippen LogP contribution < -0.4 is 0 Å². The van der Waals surface area contributed by atoms with E-state index in [1.165, 1.54) is 25.7 Å².